The predicted molar refractivity (Wildman–Crippen MR) is 246 cm³/mol. The third kappa shape index (κ3) is 5.99. The van der Waals surface area contributed by atoms with E-state index < -0.39 is 0 Å². The van der Waals surface area contributed by atoms with Crippen LogP contribution in [0.4, 0.5) is 45.5 Å². The third-order valence-electron chi connectivity index (χ3n) is 12.7. The summed E-state index contributed by atoms with van der Waals surface area (Å²) in [6.45, 7) is 9.43. The smallest absolute Gasteiger partial charge is 0.252 e. The van der Waals surface area contributed by atoms with Crippen LogP contribution in [0.2, 0.25) is 0 Å². The third-order valence-corrected chi connectivity index (χ3v) is 12.7. The minimum absolute atomic E-state index is 0.0403. The maximum absolute atomic E-state index is 2.51. The average Bonchev–Trinajstić information content (AvgIpc) is 3.24. The Morgan fingerprint density at radius 3 is 1.14 bits per heavy atom. The maximum Gasteiger partial charge on any atom is 0.252 e. The van der Waals surface area contributed by atoms with Crippen molar-refractivity contribution in [1.29, 1.82) is 0 Å². The monoisotopic (exact) mass is 742 g/mol. The second kappa shape index (κ2) is 13.8. The van der Waals surface area contributed by atoms with Crippen LogP contribution < -0.4 is 36.0 Å². The van der Waals surface area contributed by atoms with Gasteiger partial charge in [0.2, 0.25) is 0 Å². The number of rotatable bonds is 8. The molecular formula is C52H51BN4. The zero-order chi connectivity index (χ0) is 39.6. The first-order valence-electron chi connectivity index (χ1n) is 20.1. The number of anilines is 8. The summed E-state index contributed by atoms with van der Waals surface area (Å²) in [6.07, 6.45) is 0. The van der Waals surface area contributed by atoms with Crippen molar-refractivity contribution in [1.82, 2.24) is 0 Å². The fourth-order valence-corrected chi connectivity index (χ4v) is 9.10. The molecule has 2 aliphatic rings. The highest BCUT2D eigenvalue weighted by Gasteiger charge is 2.44. The molecule has 0 aliphatic carbocycles. The average molecular weight is 743 g/mol. The molecule has 4 nitrogen and oxygen atoms in total. The van der Waals surface area contributed by atoms with Crippen LogP contribution in [-0.2, 0) is 10.8 Å². The van der Waals surface area contributed by atoms with Gasteiger partial charge in [0.15, 0.2) is 0 Å². The van der Waals surface area contributed by atoms with Crippen molar-refractivity contribution < 1.29 is 0 Å². The molecule has 0 N–H and O–H groups in total. The van der Waals surface area contributed by atoms with E-state index in [0.29, 0.717) is 0 Å². The molecule has 0 aromatic heterocycles. The Balaban J connectivity index is 1.31. The molecule has 282 valence electrons. The van der Waals surface area contributed by atoms with Crippen LogP contribution in [0, 0.1) is 0 Å². The van der Waals surface area contributed by atoms with Crippen molar-refractivity contribution >= 4 is 68.6 Å². The topological polar surface area (TPSA) is 13.0 Å². The zero-order valence-corrected chi connectivity index (χ0v) is 34.5. The zero-order valence-electron chi connectivity index (χ0n) is 34.5. The molecule has 5 heteroatoms. The number of hydrogen-bond donors (Lipinski definition) is 0. The van der Waals surface area contributed by atoms with E-state index in [2.05, 4.69) is 239 Å². The summed E-state index contributed by atoms with van der Waals surface area (Å²) in [5.41, 5.74) is 18.3. The van der Waals surface area contributed by atoms with Crippen molar-refractivity contribution in [3.63, 3.8) is 0 Å². The van der Waals surface area contributed by atoms with Gasteiger partial charge in [0.05, 0.1) is 0 Å². The summed E-state index contributed by atoms with van der Waals surface area (Å²) in [5, 5.41) is 0. The van der Waals surface area contributed by atoms with E-state index in [4.69, 9.17) is 0 Å². The van der Waals surface area contributed by atoms with Crippen LogP contribution in [0.15, 0.2) is 164 Å². The molecule has 9 rings (SSSR count). The maximum atomic E-state index is 2.51. The van der Waals surface area contributed by atoms with Gasteiger partial charge in [-0.05, 0) is 111 Å². The Morgan fingerprint density at radius 2 is 0.772 bits per heavy atom. The van der Waals surface area contributed by atoms with E-state index in [-0.39, 0.29) is 17.5 Å². The van der Waals surface area contributed by atoms with Crippen molar-refractivity contribution in [2.24, 2.45) is 0 Å². The number of nitrogens with zero attached hydrogens (tertiary/aromatic N) is 4. The minimum Gasteiger partial charge on any atom is -0.378 e. The fraction of sp³-hybridized carbons (Fsp3) is 0.192. The molecule has 7 aromatic rings. The SMILES string of the molecule is CN(C)c1ccc(N2c3cc(C(C)(C)c4ccccc4)ccc3B3c4ccc(C(C)(C)c5ccccc5)cc4N(c4ccc(N(C)C)cc4)c4cccc2c43)cc1. The molecule has 2 aliphatic heterocycles. The van der Waals surface area contributed by atoms with Crippen molar-refractivity contribution in [2.45, 2.75) is 38.5 Å². The first-order chi connectivity index (χ1) is 27.4. The Bertz CT molecular complexity index is 2400. The van der Waals surface area contributed by atoms with E-state index in [0.717, 1.165) is 11.4 Å². The molecular weight excluding hydrogens is 691 g/mol. The van der Waals surface area contributed by atoms with E-state index >= 15 is 0 Å². The highest BCUT2D eigenvalue weighted by atomic mass is 15.2. The lowest BCUT2D eigenvalue weighted by molar-refractivity contribution is 0.641. The first-order valence-corrected chi connectivity index (χ1v) is 20.1. The van der Waals surface area contributed by atoms with Gasteiger partial charge in [-0.1, -0.05) is 119 Å². The Morgan fingerprint density at radius 1 is 0.386 bits per heavy atom. The summed E-state index contributed by atoms with van der Waals surface area (Å²) in [5.74, 6) is 0. The molecule has 57 heavy (non-hydrogen) atoms. The molecule has 0 bridgehead atoms. The van der Waals surface area contributed by atoms with Crippen molar-refractivity contribution in [3.8, 4) is 0 Å². The van der Waals surface area contributed by atoms with E-state index in [9.17, 15) is 0 Å². The highest BCUT2D eigenvalue weighted by Crippen LogP contribution is 2.46. The van der Waals surface area contributed by atoms with Crippen molar-refractivity contribution in [2.75, 3.05) is 47.8 Å². The highest BCUT2D eigenvalue weighted by molar-refractivity contribution is 7.00. The van der Waals surface area contributed by atoms with Crippen molar-refractivity contribution in [3.05, 3.63) is 186 Å². The fourth-order valence-electron chi connectivity index (χ4n) is 9.10. The Kier molecular flexibility index (Phi) is 8.81. The minimum atomic E-state index is -0.198. The van der Waals surface area contributed by atoms with Gasteiger partial charge in [0.25, 0.3) is 6.71 Å². The van der Waals surface area contributed by atoms with Gasteiger partial charge in [-0.25, -0.2) is 0 Å². The summed E-state index contributed by atoms with van der Waals surface area (Å²) in [6, 6.07) is 61.3. The molecule has 0 radical (unpaired) electrons. The second-order valence-electron chi connectivity index (χ2n) is 17.2. The molecule has 7 aromatic carbocycles. The van der Waals surface area contributed by atoms with E-state index in [1.54, 1.807) is 0 Å². The van der Waals surface area contributed by atoms with Gasteiger partial charge in [0.1, 0.15) is 0 Å². The largest absolute Gasteiger partial charge is 0.378 e. The lowest BCUT2D eigenvalue weighted by Crippen LogP contribution is -2.61. The van der Waals surface area contributed by atoms with Gasteiger partial charge >= 0.3 is 0 Å². The van der Waals surface area contributed by atoms with Gasteiger partial charge in [-0.2, -0.15) is 0 Å². The molecule has 0 amide bonds. The summed E-state index contributed by atoms with van der Waals surface area (Å²) in [4.78, 5) is 9.36. The van der Waals surface area contributed by atoms with Crippen LogP contribution in [0.5, 0.6) is 0 Å². The van der Waals surface area contributed by atoms with E-state index in [1.807, 2.05) is 0 Å². The number of hydrogen-bond acceptors (Lipinski definition) is 4. The summed E-state index contributed by atoms with van der Waals surface area (Å²) >= 11 is 0. The molecule has 0 spiro atoms. The number of benzene rings is 7. The normalized spacial score (nSPS) is 13.2. The molecule has 0 saturated heterocycles. The van der Waals surface area contributed by atoms with Crippen LogP contribution >= 0.6 is 0 Å². The molecule has 0 fully saturated rings. The van der Waals surface area contributed by atoms with E-state index in [1.165, 1.54) is 72.8 Å². The summed E-state index contributed by atoms with van der Waals surface area (Å²) < 4.78 is 0. The lowest BCUT2D eigenvalue weighted by atomic mass is 9.33. The van der Waals surface area contributed by atoms with Crippen LogP contribution in [0.3, 0.4) is 0 Å². The lowest BCUT2D eigenvalue weighted by Gasteiger charge is -2.45. The van der Waals surface area contributed by atoms with Gasteiger partial charge in [-0.15, -0.1) is 0 Å². The van der Waals surface area contributed by atoms with Gasteiger partial charge in [0, 0.05) is 84.5 Å². The first kappa shape index (κ1) is 36.4. The van der Waals surface area contributed by atoms with Crippen LogP contribution in [0.25, 0.3) is 0 Å². The molecule has 2 heterocycles. The quantitative estimate of drug-likeness (QED) is 0.144. The van der Waals surface area contributed by atoms with Crippen LogP contribution in [-0.4, -0.2) is 34.9 Å². The standard InChI is InChI=1S/C52H51BN4/c1-51(2,36-16-11-9-12-17-36)38-22-32-44-48(34-38)56(42-28-24-40(25-29-42)54(5)6)46-20-15-21-47-50(46)53(44)45-33-23-39(52(3,4)37-18-13-10-14-19-37)35-49(45)57(47)43-30-26-41(27-31-43)55(7)8/h9-35H,1-8H3. The Hall–Kier alpha value is -6.20. The molecule has 0 saturated carbocycles. The second-order valence-corrected chi connectivity index (χ2v) is 17.2. The van der Waals surface area contributed by atoms with Gasteiger partial charge in [-0.3, -0.25) is 0 Å². The summed E-state index contributed by atoms with van der Waals surface area (Å²) in [7, 11) is 8.41. The predicted octanol–water partition coefficient (Wildman–Crippen LogP) is 10.6. The molecule has 0 unspecified atom stereocenters. The Labute approximate surface area is 339 Å². The number of fused-ring (bicyclic) bond motifs is 4. The van der Waals surface area contributed by atoms with Crippen LogP contribution in [0.1, 0.15) is 49.9 Å². The van der Waals surface area contributed by atoms with Gasteiger partial charge < -0.3 is 19.6 Å². The molecule has 0 atom stereocenters.